The Morgan fingerprint density at radius 1 is 1.59 bits per heavy atom. The van der Waals surface area contributed by atoms with E-state index in [1.807, 2.05) is 31.4 Å². The Morgan fingerprint density at radius 2 is 2.35 bits per heavy atom. The molecule has 1 amide bonds. The SMILES string of the molecule is CSCC(C)NC(=O)C1Cc2ccccc2N1. The second-order valence-corrected chi connectivity index (χ2v) is 5.33. The summed E-state index contributed by atoms with van der Waals surface area (Å²) in [6, 6.07) is 8.20. The number of fused-ring (bicyclic) bond motifs is 1. The van der Waals surface area contributed by atoms with Gasteiger partial charge < -0.3 is 10.6 Å². The molecule has 2 atom stereocenters. The lowest BCUT2D eigenvalue weighted by Gasteiger charge is -2.16. The van der Waals surface area contributed by atoms with E-state index in [-0.39, 0.29) is 18.0 Å². The van der Waals surface area contributed by atoms with Crippen molar-refractivity contribution in [1.82, 2.24) is 5.32 Å². The van der Waals surface area contributed by atoms with Crippen LogP contribution in [-0.4, -0.2) is 30.0 Å². The number of benzene rings is 1. The van der Waals surface area contributed by atoms with Crippen LogP contribution in [0.3, 0.4) is 0 Å². The normalized spacial score (nSPS) is 19.3. The number of anilines is 1. The Kier molecular flexibility index (Phi) is 3.94. The van der Waals surface area contributed by atoms with Crippen molar-refractivity contribution in [1.29, 1.82) is 0 Å². The predicted octanol–water partition coefficient (Wildman–Crippen LogP) is 1.89. The van der Waals surface area contributed by atoms with Gasteiger partial charge in [-0.05, 0) is 24.8 Å². The summed E-state index contributed by atoms with van der Waals surface area (Å²) in [6.07, 6.45) is 2.83. The van der Waals surface area contributed by atoms with E-state index >= 15 is 0 Å². The number of carbonyl (C=O) groups excluding carboxylic acids is 1. The number of carbonyl (C=O) groups is 1. The fraction of sp³-hybridized carbons (Fsp3) is 0.462. The van der Waals surface area contributed by atoms with Gasteiger partial charge in [0.2, 0.25) is 5.91 Å². The molecule has 0 fully saturated rings. The first-order chi connectivity index (χ1) is 8.20. The van der Waals surface area contributed by atoms with Crippen LogP contribution < -0.4 is 10.6 Å². The van der Waals surface area contributed by atoms with Crippen LogP contribution in [0.1, 0.15) is 12.5 Å². The summed E-state index contributed by atoms with van der Waals surface area (Å²) in [6.45, 7) is 2.04. The summed E-state index contributed by atoms with van der Waals surface area (Å²) in [4.78, 5) is 12.0. The molecule has 0 aliphatic carbocycles. The summed E-state index contributed by atoms with van der Waals surface area (Å²) < 4.78 is 0. The average Bonchev–Trinajstić information content (AvgIpc) is 2.72. The minimum atomic E-state index is -0.114. The number of hydrogen-bond acceptors (Lipinski definition) is 3. The lowest BCUT2D eigenvalue weighted by molar-refractivity contribution is -0.122. The van der Waals surface area contributed by atoms with Gasteiger partial charge in [0.25, 0.3) is 0 Å². The molecule has 1 aromatic carbocycles. The van der Waals surface area contributed by atoms with E-state index in [0.717, 1.165) is 17.9 Å². The number of nitrogens with one attached hydrogen (secondary N) is 2. The Bertz CT molecular complexity index is 383. The van der Waals surface area contributed by atoms with Gasteiger partial charge in [0.05, 0.1) is 0 Å². The van der Waals surface area contributed by atoms with Crippen LogP contribution in [0.2, 0.25) is 0 Å². The van der Waals surface area contributed by atoms with E-state index in [0.29, 0.717) is 0 Å². The first-order valence-electron chi connectivity index (χ1n) is 5.84. The molecule has 0 radical (unpaired) electrons. The largest absolute Gasteiger partial charge is 0.373 e. The zero-order valence-corrected chi connectivity index (χ0v) is 11.0. The third kappa shape index (κ3) is 2.94. The van der Waals surface area contributed by atoms with Gasteiger partial charge in [0, 0.05) is 23.9 Å². The molecular weight excluding hydrogens is 232 g/mol. The second kappa shape index (κ2) is 5.45. The van der Waals surface area contributed by atoms with Crippen molar-refractivity contribution in [3.63, 3.8) is 0 Å². The van der Waals surface area contributed by atoms with E-state index in [2.05, 4.69) is 16.7 Å². The van der Waals surface area contributed by atoms with Gasteiger partial charge in [-0.15, -0.1) is 0 Å². The third-order valence-electron chi connectivity index (χ3n) is 2.89. The molecular formula is C13H18N2OS. The average molecular weight is 250 g/mol. The zero-order valence-electron chi connectivity index (χ0n) is 10.2. The summed E-state index contributed by atoms with van der Waals surface area (Å²) in [5.41, 5.74) is 2.32. The molecule has 2 unspecified atom stereocenters. The zero-order chi connectivity index (χ0) is 12.3. The Balaban J connectivity index is 1.92. The minimum Gasteiger partial charge on any atom is -0.373 e. The van der Waals surface area contributed by atoms with Crippen LogP contribution in [0.4, 0.5) is 5.69 Å². The van der Waals surface area contributed by atoms with Gasteiger partial charge in [0.15, 0.2) is 0 Å². The highest BCUT2D eigenvalue weighted by Gasteiger charge is 2.26. The summed E-state index contributed by atoms with van der Waals surface area (Å²) >= 11 is 1.75. The van der Waals surface area contributed by atoms with Crippen molar-refractivity contribution in [2.75, 3.05) is 17.3 Å². The highest BCUT2D eigenvalue weighted by Crippen LogP contribution is 2.25. The van der Waals surface area contributed by atoms with Crippen LogP contribution in [0.25, 0.3) is 0 Å². The van der Waals surface area contributed by atoms with Crippen LogP contribution in [0.5, 0.6) is 0 Å². The van der Waals surface area contributed by atoms with Gasteiger partial charge >= 0.3 is 0 Å². The molecule has 0 saturated carbocycles. The van der Waals surface area contributed by atoms with Crippen molar-refractivity contribution in [3.8, 4) is 0 Å². The quantitative estimate of drug-likeness (QED) is 0.857. The predicted molar refractivity (Wildman–Crippen MR) is 73.5 cm³/mol. The van der Waals surface area contributed by atoms with E-state index in [1.165, 1.54) is 5.56 Å². The maximum absolute atomic E-state index is 12.0. The second-order valence-electron chi connectivity index (χ2n) is 4.42. The fourth-order valence-corrected chi connectivity index (χ4v) is 2.67. The molecule has 4 heteroatoms. The van der Waals surface area contributed by atoms with Gasteiger partial charge in [0.1, 0.15) is 6.04 Å². The number of rotatable bonds is 4. The van der Waals surface area contributed by atoms with Gasteiger partial charge in [-0.2, -0.15) is 11.8 Å². The Hall–Kier alpha value is -1.16. The van der Waals surface area contributed by atoms with E-state index < -0.39 is 0 Å². The fourth-order valence-electron chi connectivity index (χ4n) is 2.09. The Labute approximate surface area is 106 Å². The first kappa shape index (κ1) is 12.3. The maximum atomic E-state index is 12.0. The lowest BCUT2D eigenvalue weighted by Crippen LogP contribution is -2.43. The highest BCUT2D eigenvalue weighted by molar-refractivity contribution is 7.98. The maximum Gasteiger partial charge on any atom is 0.243 e. The lowest BCUT2D eigenvalue weighted by atomic mass is 10.1. The number of amides is 1. The van der Waals surface area contributed by atoms with Gasteiger partial charge in [-0.1, -0.05) is 18.2 Å². The Morgan fingerprint density at radius 3 is 3.06 bits per heavy atom. The van der Waals surface area contributed by atoms with Crippen molar-refractivity contribution in [2.24, 2.45) is 0 Å². The smallest absolute Gasteiger partial charge is 0.243 e. The molecule has 1 aliphatic rings. The molecule has 2 rings (SSSR count). The first-order valence-corrected chi connectivity index (χ1v) is 7.24. The van der Waals surface area contributed by atoms with Crippen LogP contribution in [0.15, 0.2) is 24.3 Å². The van der Waals surface area contributed by atoms with Crippen molar-refractivity contribution in [3.05, 3.63) is 29.8 Å². The molecule has 3 nitrogen and oxygen atoms in total. The van der Waals surface area contributed by atoms with Crippen LogP contribution in [-0.2, 0) is 11.2 Å². The summed E-state index contributed by atoms with van der Waals surface area (Å²) in [5, 5.41) is 6.30. The molecule has 0 bridgehead atoms. The molecule has 17 heavy (non-hydrogen) atoms. The summed E-state index contributed by atoms with van der Waals surface area (Å²) in [7, 11) is 0. The molecule has 92 valence electrons. The van der Waals surface area contributed by atoms with Gasteiger partial charge in [-0.3, -0.25) is 4.79 Å². The van der Waals surface area contributed by atoms with Crippen LogP contribution >= 0.6 is 11.8 Å². The van der Waals surface area contributed by atoms with Crippen molar-refractivity contribution in [2.45, 2.75) is 25.4 Å². The molecule has 0 aromatic heterocycles. The van der Waals surface area contributed by atoms with Crippen molar-refractivity contribution >= 4 is 23.4 Å². The number of para-hydroxylation sites is 1. The van der Waals surface area contributed by atoms with Crippen molar-refractivity contribution < 1.29 is 4.79 Å². The summed E-state index contributed by atoms with van der Waals surface area (Å²) in [5.74, 6) is 1.05. The number of hydrogen-bond donors (Lipinski definition) is 2. The molecule has 0 saturated heterocycles. The molecule has 2 N–H and O–H groups in total. The molecule has 1 aromatic rings. The highest BCUT2D eigenvalue weighted by atomic mass is 32.2. The molecule has 1 heterocycles. The van der Waals surface area contributed by atoms with Crippen LogP contribution in [0, 0.1) is 0 Å². The molecule has 0 spiro atoms. The minimum absolute atomic E-state index is 0.0998. The standard InChI is InChI=1S/C13H18N2OS/c1-9(8-17-2)14-13(16)12-7-10-5-3-4-6-11(10)15-12/h3-6,9,12,15H,7-8H2,1-2H3,(H,14,16). The van der Waals surface area contributed by atoms with Gasteiger partial charge in [-0.25, -0.2) is 0 Å². The third-order valence-corrected chi connectivity index (χ3v) is 3.73. The van der Waals surface area contributed by atoms with E-state index in [4.69, 9.17) is 0 Å². The topological polar surface area (TPSA) is 41.1 Å². The van der Waals surface area contributed by atoms with E-state index in [9.17, 15) is 4.79 Å². The monoisotopic (exact) mass is 250 g/mol. The number of thioether (sulfide) groups is 1. The van der Waals surface area contributed by atoms with E-state index in [1.54, 1.807) is 11.8 Å². The molecule has 1 aliphatic heterocycles.